The molecule has 0 spiro atoms. The maximum atomic E-state index is 6.38. The van der Waals surface area contributed by atoms with Crippen LogP contribution in [0.3, 0.4) is 0 Å². The predicted molar refractivity (Wildman–Crippen MR) is 64.0 cm³/mol. The fourth-order valence-electron chi connectivity index (χ4n) is 2.28. The second-order valence-corrected chi connectivity index (χ2v) is 4.97. The minimum Gasteiger partial charge on any atom is -0.383 e. The highest BCUT2D eigenvalue weighted by Crippen LogP contribution is 2.28. The molecule has 0 amide bonds. The molecule has 0 bridgehead atoms. The van der Waals surface area contributed by atoms with Crippen molar-refractivity contribution in [1.29, 1.82) is 0 Å². The van der Waals surface area contributed by atoms with Crippen LogP contribution in [0.2, 0.25) is 0 Å². The Kier molecular flexibility index (Phi) is 5.58. The van der Waals surface area contributed by atoms with E-state index < -0.39 is 0 Å². The molecule has 0 aromatic heterocycles. The van der Waals surface area contributed by atoms with Gasteiger partial charge >= 0.3 is 0 Å². The molecule has 0 heterocycles. The van der Waals surface area contributed by atoms with Crippen molar-refractivity contribution in [2.24, 2.45) is 5.73 Å². The van der Waals surface area contributed by atoms with Crippen LogP contribution in [0.5, 0.6) is 0 Å². The number of nitrogens with zero attached hydrogens (tertiary/aromatic N) is 1. The smallest absolute Gasteiger partial charge is 0.0589 e. The summed E-state index contributed by atoms with van der Waals surface area (Å²) in [5.74, 6) is 0. The molecule has 1 rings (SSSR count). The molecular weight excluding hydrogens is 188 g/mol. The van der Waals surface area contributed by atoms with E-state index in [1.165, 1.54) is 32.1 Å². The second-order valence-electron chi connectivity index (χ2n) is 4.97. The van der Waals surface area contributed by atoms with Gasteiger partial charge in [-0.1, -0.05) is 19.3 Å². The third kappa shape index (κ3) is 4.96. The van der Waals surface area contributed by atoms with Crippen molar-refractivity contribution in [3.63, 3.8) is 0 Å². The zero-order valence-corrected chi connectivity index (χ0v) is 10.3. The van der Waals surface area contributed by atoms with Crippen LogP contribution < -0.4 is 5.73 Å². The second kappa shape index (κ2) is 6.46. The molecule has 0 unspecified atom stereocenters. The lowest BCUT2D eigenvalue weighted by atomic mass is 9.80. The lowest BCUT2D eigenvalue weighted by Crippen LogP contribution is -2.44. The summed E-state index contributed by atoms with van der Waals surface area (Å²) in [7, 11) is 3.89. The Morgan fingerprint density at radius 2 is 1.87 bits per heavy atom. The highest BCUT2D eigenvalue weighted by molar-refractivity contribution is 4.87. The number of ether oxygens (including phenoxy) is 1. The van der Waals surface area contributed by atoms with Gasteiger partial charge in [0.2, 0.25) is 0 Å². The number of methoxy groups -OCH3 is 1. The van der Waals surface area contributed by atoms with Crippen LogP contribution in [0.25, 0.3) is 0 Å². The van der Waals surface area contributed by atoms with Crippen LogP contribution in [0.15, 0.2) is 0 Å². The lowest BCUT2D eigenvalue weighted by Gasteiger charge is -2.34. The summed E-state index contributed by atoms with van der Waals surface area (Å²) in [5.41, 5.74) is 6.50. The molecule has 0 aromatic carbocycles. The molecule has 2 N–H and O–H groups in total. The van der Waals surface area contributed by atoms with E-state index in [2.05, 4.69) is 11.9 Å². The van der Waals surface area contributed by atoms with Gasteiger partial charge in [0.1, 0.15) is 0 Å². The monoisotopic (exact) mass is 214 g/mol. The van der Waals surface area contributed by atoms with Gasteiger partial charge in [-0.05, 0) is 32.9 Å². The Labute approximate surface area is 94.0 Å². The van der Waals surface area contributed by atoms with E-state index in [9.17, 15) is 0 Å². The largest absolute Gasteiger partial charge is 0.383 e. The van der Waals surface area contributed by atoms with Gasteiger partial charge < -0.3 is 15.4 Å². The number of rotatable bonds is 6. The molecule has 1 aliphatic rings. The van der Waals surface area contributed by atoms with Gasteiger partial charge in [-0.15, -0.1) is 0 Å². The molecule has 0 saturated heterocycles. The molecule has 1 aliphatic carbocycles. The first kappa shape index (κ1) is 12.9. The van der Waals surface area contributed by atoms with Crippen LogP contribution in [-0.4, -0.2) is 44.3 Å². The fraction of sp³-hybridized carbons (Fsp3) is 1.00. The summed E-state index contributed by atoms with van der Waals surface area (Å²) in [6.45, 7) is 2.92. The summed E-state index contributed by atoms with van der Waals surface area (Å²) >= 11 is 0. The maximum absolute atomic E-state index is 6.38. The van der Waals surface area contributed by atoms with Crippen molar-refractivity contribution in [3.05, 3.63) is 0 Å². The number of hydrogen-bond acceptors (Lipinski definition) is 3. The van der Waals surface area contributed by atoms with Crippen molar-refractivity contribution in [2.75, 3.05) is 33.9 Å². The van der Waals surface area contributed by atoms with Crippen LogP contribution in [-0.2, 0) is 4.74 Å². The van der Waals surface area contributed by atoms with E-state index in [-0.39, 0.29) is 5.54 Å². The molecule has 1 fully saturated rings. The van der Waals surface area contributed by atoms with Gasteiger partial charge in [0.25, 0.3) is 0 Å². The number of nitrogens with two attached hydrogens (primary N) is 1. The van der Waals surface area contributed by atoms with Crippen LogP contribution >= 0.6 is 0 Å². The summed E-state index contributed by atoms with van der Waals surface area (Å²) in [6.07, 6.45) is 7.57. The Bertz CT molecular complexity index is 167. The zero-order chi connectivity index (χ0) is 11.1. The first-order chi connectivity index (χ1) is 7.16. The fourth-order valence-corrected chi connectivity index (χ4v) is 2.28. The Morgan fingerprint density at radius 3 is 2.47 bits per heavy atom. The van der Waals surface area contributed by atoms with Gasteiger partial charge in [0, 0.05) is 19.2 Å². The molecule has 0 aromatic rings. The molecule has 1 saturated carbocycles. The zero-order valence-electron chi connectivity index (χ0n) is 10.3. The van der Waals surface area contributed by atoms with Crippen molar-refractivity contribution < 1.29 is 4.74 Å². The minimum atomic E-state index is 0.125. The summed E-state index contributed by atoms with van der Waals surface area (Å²) in [4.78, 5) is 2.31. The Morgan fingerprint density at radius 1 is 1.20 bits per heavy atom. The third-order valence-electron chi connectivity index (χ3n) is 3.52. The van der Waals surface area contributed by atoms with E-state index in [1.807, 2.05) is 0 Å². The molecule has 3 heteroatoms. The molecule has 0 aliphatic heterocycles. The van der Waals surface area contributed by atoms with Crippen LogP contribution in [0.1, 0.15) is 38.5 Å². The van der Waals surface area contributed by atoms with E-state index >= 15 is 0 Å². The van der Waals surface area contributed by atoms with E-state index in [1.54, 1.807) is 7.11 Å². The first-order valence-corrected chi connectivity index (χ1v) is 6.13. The van der Waals surface area contributed by atoms with Crippen LogP contribution in [0, 0.1) is 0 Å². The van der Waals surface area contributed by atoms with Gasteiger partial charge in [0.05, 0.1) is 6.61 Å². The van der Waals surface area contributed by atoms with Gasteiger partial charge in [0.15, 0.2) is 0 Å². The number of likely N-dealkylation sites (N-methyl/N-ethyl adjacent to an activating group) is 1. The molecule has 0 atom stereocenters. The predicted octanol–water partition coefficient (Wildman–Crippen LogP) is 1.62. The van der Waals surface area contributed by atoms with Gasteiger partial charge in [-0.2, -0.15) is 0 Å². The average molecular weight is 214 g/mol. The Balaban J connectivity index is 2.16. The first-order valence-electron chi connectivity index (χ1n) is 6.13. The van der Waals surface area contributed by atoms with E-state index in [0.717, 1.165) is 26.1 Å². The molecule has 90 valence electrons. The van der Waals surface area contributed by atoms with Crippen molar-refractivity contribution >= 4 is 0 Å². The quantitative estimate of drug-likeness (QED) is 0.730. The molecular formula is C12H26N2O. The summed E-state index contributed by atoms with van der Waals surface area (Å²) in [6, 6.07) is 0. The van der Waals surface area contributed by atoms with Crippen molar-refractivity contribution in [1.82, 2.24) is 4.90 Å². The van der Waals surface area contributed by atoms with E-state index in [4.69, 9.17) is 10.5 Å². The van der Waals surface area contributed by atoms with Crippen molar-refractivity contribution in [3.8, 4) is 0 Å². The van der Waals surface area contributed by atoms with E-state index in [0.29, 0.717) is 0 Å². The van der Waals surface area contributed by atoms with Gasteiger partial charge in [-0.25, -0.2) is 0 Å². The third-order valence-corrected chi connectivity index (χ3v) is 3.52. The lowest BCUT2D eigenvalue weighted by molar-refractivity contribution is 0.151. The number of hydrogen-bond donors (Lipinski definition) is 1. The highest BCUT2D eigenvalue weighted by atomic mass is 16.5. The topological polar surface area (TPSA) is 38.5 Å². The molecule has 15 heavy (non-hydrogen) atoms. The molecule has 0 radical (unpaired) electrons. The normalized spacial score (nSPS) is 20.8. The van der Waals surface area contributed by atoms with Crippen LogP contribution in [0.4, 0.5) is 0 Å². The highest BCUT2D eigenvalue weighted by Gasteiger charge is 2.26. The maximum Gasteiger partial charge on any atom is 0.0589 e. The summed E-state index contributed by atoms with van der Waals surface area (Å²) in [5, 5.41) is 0. The molecule has 3 nitrogen and oxygen atoms in total. The van der Waals surface area contributed by atoms with Gasteiger partial charge in [-0.3, -0.25) is 0 Å². The van der Waals surface area contributed by atoms with Crippen molar-refractivity contribution in [2.45, 2.75) is 44.1 Å². The summed E-state index contributed by atoms with van der Waals surface area (Å²) < 4.78 is 5.06. The minimum absolute atomic E-state index is 0.125. The average Bonchev–Trinajstić information content (AvgIpc) is 2.25. The standard InChI is InChI=1S/C12H26N2O/c1-14(10-11-15-2)9-8-12(13)6-4-3-5-7-12/h3-11,13H2,1-2H3. The SMILES string of the molecule is COCCN(C)CCC1(N)CCCCC1. The Hall–Kier alpha value is -0.120.